The number of carbonyl (C=O) groups excluding carboxylic acids is 1. The summed E-state index contributed by atoms with van der Waals surface area (Å²) >= 11 is 5.89. The average molecular weight is 282 g/mol. The number of methoxy groups -OCH3 is 1. The molecule has 7 heteroatoms. The molecule has 0 saturated heterocycles. The molecule has 0 aliphatic rings. The third-order valence-corrected chi connectivity index (χ3v) is 2.82. The van der Waals surface area contributed by atoms with Crippen LogP contribution in [0.5, 0.6) is 0 Å². The first-order chi connectivity index (χ1) is 9.15. The summed E-state index contributed by atoms with van der Waals surface area (Å²) in [6.45, 7) is 0.0123. The van der Waals surface area contributed by atoms with Gasteiger partial charge in [-0.05, 0) is 17.7 Å². The third-order valence-electron chi connectivity index (χ3n) is 2.59. The SMILES string of the molecule is COC(=O)c1nnn(Cc2cccc(Cl)c2)c1CO. The van der Waals surface area contributed by atoms with Crippen LogP contribution in [0.15, 0.2) is 24.3 Å². The van der Waals surface area contributed by atoms with Crippen molar-refractivity contribution in [3.63, 3.8) is 0 Å². The van der Waals surface area contributed by atoms with E-state index in [2.05, 4.69) is 15.0 Å². The van der Waals surface area contributed by atoms with Gasteiger partial charge in [0.05, 0.1) is 26.0 Å². The van der Waals surface area contributed by atoms with E-state index in [4.69, 9.17) is 11.6 Å². The molecule has 0 aliphatic heterocycles. The van der Waals surface area contributed by atoms with Crippen LogP contribution < -0.4 is 0 Å². The van der Waals surface area contributed by atoms with Crippen LogP contribution in [0, 0.1) is 0 Å². The highest BCUT2D eigenvalue weighted by atomic mass is 35.5. The van der Waals surface area contributed by atoms with Crippen LogP contribution in [0.1, 0.15) is 21.7 Å². The van der Waals surface area contributed by atoms with Crippen molar-refractivity contribution in [3.8, 4) is 0 Å². The highest BCUT2D eigenvalue weighted by Crippen LogP contribution is 2.14. The number of benzene rings is 1. The summed E-state index contributed by atoms with van der Waals surface area (Å²) < 4.78 is 6.02. The lowest BCUT2D eigenvalue weighted by Crippen LogP contribution is -2.10. The van der Waals surface area contributed by atoms with Gasteiger partial charge in [-0.1, -0.05) is 28.9 Å². The van der Waals surface area contributed by atoms with Crippen LogP contribution in [-0.2, 0) is 17.9 Å². The molecule has 0 radical (unpaired) electrons. The van der Waals surface area contributed by atoms with Gasteiger partial charge in [0, 0.05) is 5.02 Å². The lowest BCUT2D eigenvalue weighted by atomic mass is 10.2. The van der Waals surface area contributed by atoms with Gasteiger partial charge in [-0.3, -0.25) is 0 Å². The zero-order valence-electron chi connectivity index (χ0n) is 10.2. The summed E-state index contributed by atoms with van der Waals surface area (Å²) in [4.78, 5) is 11.4. The van der Waals surface area contributed by atoms with Crippen LogP contribution in [0.25, 0.3) is 0 Å². The maximum absolute atomic E-state index is 11.4. The Morgan fingerprint density at radius 1 is 1.53 bits per heavy atom. The van der Waals surface area contributed by atoms with Crippen molar-refractivity contribution in [3.05, 3.63) is 46.2 Å². The van der Waals surface area contributed by atoms with E-state index in [0.717, 1.165) is 5.56 Å². The van der Waals surface area contributed by atoms with E-state index in [1.165, 1.54) is 11.8 Å². The third kappa shape index (κ3) is 2.91. The number of aliphatic hydroxyl groups is 1. The lowest BCUT2D eigenvalue weighted by molar-refractivity contribution is 0.0590. The molecule has 2 rings (SSSR count). The summed E-state index contributed by atoms with van der Waals surface area (Å²) in [5, 5.41) is 17.5. The second-order valence-corrected chi connectivity index (χ2v) is 4.26. The van der Waals surface area contributed by atoms with Gasteiger partial charge in [-0.15, -0.1) is 5.10 Å². The molecule has 0 aliphatic carbocycles. The molecule has 6 nitrogen and oxygen atoms in total. The topological polar surface area (TPSA) is 77.2 Å². The second kappa shape index (κ2) is 5.81. The second-order valence-electron chi connectivity index (χ2n) is 3.82. The number of ether oxygens (including phenoxy) is 1. The highest BCUT2D eigenvalue weighted by Gasteiger charge is 2.19. The molecule has 0 saturated carbocycles. The Bertz CT molecular complexity index is 598. The van der Waals surface area contributed by atoms with Crippen molar-refractivity contribution in [2.75, 3.05) is 7.11 Å². The van der Waals surface area contributed by atoms with Gasteiger partial charge in [-0.2, -0.15) is 0 Å². The summed E-state index contributed by atoms with van der Waals surface area (Å²) in [5.41, 5.74) is 1.22. The number of nitrogens with zero attached hydrogens (tertiary/aromatic N) is 3. The van der Waals surface area contributed by atoms with Crippen LogP contribution in [0.4, 0.5) is 0 Å². The molecule has 100 valence electrons. The zero-order chi connectivity index (χ0) is 13.8. The van der Waals surface area contributed by atoms with Crippen molar-refractivity contribution in [2.45, 2.75) is 13.2 Å². The Morgan fingerprint density at radius 2 is 2.32 bits per heavy atom. The number of carbonyl (C=O) groups is 1. The quantitative estimate of drug-likeness (QED) is 0.854. The number of halogens is 1. The first-order valence-electron chi connectivity index (χ1n) is 5.51. The Morgan fingerprint density at radius 3 is 2.95 bits per heavy atom. The van der Waals surface area contributed by atoms with Crippen LogP contribution in [0.2, 0.25) is 5.02 Å². The Hall–Kier alpha value is -1.92. The summed E-state index contributed by atoms with van der Waals surface area (Å²) in [5.74, 6) is -0.624. The van der Waals surface area contributed by atoms with E-state index in [9.17, 15) is 9.90 Å². The lowest BCUT2D eigenvalue weighted by Gasteiger charge is -2.05. The molecule has 2 aromatic rings. The van der Waals surface area contributed by atoms with Gasteiger partial charge >= 0.3 is 5.97 Å². The predicted molar refractivity (Wildman–Crippen MR) is 67.8 cm³/mol. The molecule has 1 aromatic heterocycles. The largest absolute Gasteiger partial charge is 0.464 e. The fourth-order valence-corrected chi connectivity index (χ4v) is 1.89. The molecule has 0 bridgehead atoms. The minimum absolute atomic E-state index is 0.0204. The van der Waals surface area contributed by atoms with Gasteiger partial charge in [0.25, 0.3) is 0 Å². The van der Waals surface area contributed by atoms with Crippen LogP contribution in [0.3, 0.4) is 0 Å². The molecule has 0 unspecified atom stereocenters. The molecule has 0 amide bonds. The van der Waals surface area contributed by atoms with Gasteiger partial charge in [-0.25, -0.2) is 9.48 Å². The van der Waals surface area contributed by atoms with E-state index < -0.39 is 5.97 Å². The van der Waals surface area contributed by atoms with E-state index in [1.54, 1.807) is 12.1 Å². The molecule has 1 heterocycles. The van der Waals surface area contributed by atoms with E-state index in [1.807, 2.05) is 12.1 Å². The van der Waals surface area contributed by atoms with E-state index in [0.29, 0.717) is 17.3 Å². The molecular weight excluding hydrogens is 270 g/mol. The minimum Gasteiger partial charge on any atom is -0.464 e. The van der Waals surface area contributed by atoms with Gasteiger partial charge in [0.1, 0.15) is 0 Å². The predicted octanol–water partition coefficient (Wildman–Crippen LogP) is 1.26. The number of hydrogen-bond acceptors (Lipinski definition) is 5. The van der Waals surface area contributed by atoms with E-state index in [-0.39, 0.29) is 12.3 Å². The van der Waals surface area contributed by atoms with Crippen LogP contribution >= 0.6 is 11.6 Å². The van der Waals surface area contributed by atoms with Crippen LogP contribution in [-0.4, -0.2) is 33.2 Å². The molecular formula is C12H12ClN3O3. The molecule has 0 spiro atoms. The maximum atomic E-state index is 11.4. The van der Waals surface area contributed by atoms with Crippen molar-refractivity contribution < 1.29 is 14.6 Å². The van der Waals surface area contributed by atoms with E-state index >= 15 is 0 Å². The van der Waals surface area contributed by atoms with Crippen molar-refractivity contribution in [1.29, 1.82) is 0 Å². The number of esters is 1. The van der Waals surface area contributed by atoms with Crippen molar-refractivity contribution >= 4 is 17.6 Å². The number of rotatable bonds is 4. The fraction of sp³-hybridized carbons (Fsp3) is 0.250. The first-order valence-corrected chi connectivity index (χ1v) is 5.89. The fourth-order valence-electron chi connectivity index (χ4n) is 1.68. The number of hydrogen-bond donors (Lipinski definition) is 1. The molecule has 19 heavy (non-hydrogen) atoms. The average Bonchev–Trinajstić information content (AvgIpc) is 2.80. The summed E-state index contributed by atoms with van der Waals surface area (Å²) in [6, 6.07) is 7.22. The van der Waals surface area contributed by atoms with Gasteiger partial charge in [0.15, 0.2) is 5.69 Å². The Balaban J connectivity index is 2.30. The van der Waals surface area contributed by atoms with Gasteiger partial charge < -0.3 is 9.84 Å². The molecule has 1 N–H and O–H groups in total. The molecule has 0 atom stereocenters. The van der Waals surface area contributed by atoms with Crippen molar-refractivity contribution in [2.24, 2.45) is 0 Å². The molecule has 0 fully saturated rings. The summed E-state index contributed by atoms with van der Waals surface area (Å²) in [7, 11) is 1.25. The zero-order valence-corrected chi connectivity index (χ0v) is 11.0. The van der Waals surface area contributed by atoms with Gasteiger partial charge in [0.2, 0.25) is 0 Å². The highest BCUT2D eigenvalue weighted by molar-refractivity contribution is 6.30. The van der Waals surface area contributed by atoms with Crippen molar-refractivity contribution in [1.82, 2.24) is 15.0 Å². The Kier molecular flexibility index (Phi) is 4.13. The minimum atomic E-state index is -0.624. The smallest absolute Gasteiger partial charge is 0.360 e. The normalized spacial score (nSPS) is 10.5. The summed E-state index contributed by atoms with van der Waals surface area (Å²) in [6.07, 6.45) is 0. The number of aliphatic hydroxyl groups excluding tert-OH is 1. The first kappa shape index (κ1) is 13.5. The Labute approximate surface area is 114 Å². The standard InChI is InChI=1S/C12H12ClN3O3/c1-19-12(18)11-10(7-17)16(15-14-11)6-8-3-2-4-9(13)5-8/h2-5,17H,6-7H2,1H3. The number of aromatic nitrogens is 3. The molecule has 1 aromatic carbocycles. The monoisotopic (exact) mass is 281 g/mol. The maximum Gasteiger partial charge on any atom is 0.360 e.